The zero-order valence-corrected chi connectivity index (χ0v) is 15.9. The molecule has 5 nitrogen and oxygen atoms in total. The molecular weight excluding hydrogens is 328 g/mol. The third-order valence-corrected chi connectivity index (χ3v) is 4.03. The molecule has 3 N–H and O–H groups in total. The summed E-state index contributed by atoms with van der Waals surface area (Å²) in [6, 6.07) is 12.6. The van der Waals surface area contributed by atoms with Gasteiger partial charge in [0, 0.05) is 11.3 Å². The average Bonchev–Trinajstić information content (AvgIpc) is 2.61. The van der Waals surface area contributed by atoms with Crippen molar-refractivity contribution in [3.63, 3.8) is 0 Å². The van der Waals surface area contributed by atoms with Gasteiger partial charge in [-0.2, -0.15) is 0 Å². The number of nitrogens with one attached hydrogen (secondary N) is 1. The Morgan fingerprint density at radius 1 is 1.04 bits per heavy atom. The van der Waals surface area contributed by atoms with E-state index in [4.69, 9.17) is 15.2 Å². The molecule has 5 heteroatoms. The molecular formula is C21H28N2O3. The maximum atomic E-state index is 12.6. The first-order valence-corrected chi connectivity index (χ1v) is 9.02. The molecule has 0 aliphatic heterocycles. The fourth-order valence-electron chi connectivity index (χ4n) is 2.80. The Labute approximate surface area is 155 Å². The van der Waals surface area contributed by atoms with E-state index in [1.807, 2.05) is 32.0 Å². The quantitative estimate of drug-likeness (QED) is 0.696. The number of benzene rings is 2. The fourth-order valence-corrected chi connectivity index (χ4v) is 2.80. The minimum atomic E-state index is -0.154. The minimum Gasteiger partial charge on any atom is -0.490 e. The number of hydrogen-bond donors (Lipinski definition) is 2. The lowest BCUT2D eigenvalue weighted by atomic mass is 9.95. The molecule has 2 aromatic rings. The summed E-state index contributed by atoms with van der Waals surface area (Å²) in [5.41, 5.74) is 7.88. The first kappa shape index (κ1) is 19.6. The predicted molar refractivity (Wildman–Crippen MR) is 105 cm³/mol. The Bertz CT molecular complexity index is 744. The lowest BCUT2D eigenvalue weighted by Gasteiger charge is -2.24. The Morgan fingerprint density at radius 2 is 1.73 bits per heavy atom. The number of rotatable bonds is 8. The lowest BCUT2D eigenvalue weighted by molar-refractivity contribution is 0.0925. The molecule has 1 unspecified atom stereocenters. The van der Waals surface area contributed by atoms with E-state index in [0.717, 1.165) is 5.56 Å². The fraction of sp³-hybridized carbons (Fsp3) is 0.381. The Morgan fingerprint density at radius 3 is 2.35 bits per heavy atom. The molecule has 0 fully saturated rings. The third kappa shape index (κ3) is 4.91. The summed E-state index contributed by atoms with van der Waals surface area (Å²) in [6.45, 7) is 9.13. The van der Waals surface area contributed by atoms with Crippen molar-refractivity contribution in [2.45, 2.75) is 33.7 Å². The number of amides is 1. The third-order valence-electron chi connectivity index (χ3n) is 4.03. The highest BCUT2D eigenvalue weighted by atomic mass is 16.5. The van der Waals surface area contributed by atoms with E-state index >= 15 is 0 Å². The smallest absolute Gasteiger partial charge is 0.251 e. The largest absolute Gasteiger partial charge is 0.490 e. The number of ether oxygens (including phenoxy) is 2. The van der Waals surface area contributed by atoms with Gasteiger partial charge in [-0.05, 0) is 55.7 Å². The van der Waals surface area contributed by atoms with Crippen LogP contribution in [0.3, 0.4) is 0 Å². The van der Waals surface area contributed by atoms with Gasteiger partial charge in [0.15, 0.2) is 11.5 Å². The molecule has 1 atom stereocenters. The van der Waals surface area contributed by atoms with Gasteiger partial charge in [0.05, 0.1) is 19.3 Å². The maximum Gasteiger partial charge on any atom is 0.251 e. The van der Waals surface area contributed by atoms with Crippen LogP contribution in [-0.4, -0.2) is 19.1 Å². The minimum absolute atomic E-state index is 0.150. The van der Waals surface area contributed by atoms with Crippen LogP contribution in [0.4, 0.5) is 5.69 Å². The first-order valence-electron chi connectivity index (χ1n) is 9.02. The second kappa shape index (κ2) is 9.13. The average molecular weight is 356 g/mol. The topological polar surface area (TPSA) is 73.6 Å². The number of carbonyl (C=O) groups is 1. The standard InChI is InChI=1S/C21H28N2O3/c1-5-25-18-11-10-15(13-19(18)26-6-2)20(14(3)4)23-21(24)16-8-7-9-17(22)12-16/h7-14,20H,5-6,22H2,1-4H3,(H,23,24). The number of nitrogens with two attached hydrogens (primary N) is 1. The van der Waals surface area contributed by atoms with Gasteiger partial charge in [0.25, 0.3) is 5.91 Å². The maximum absolute atomic E-state index is 12.6. The number of nitrogen functional groups attached to an aromatic ring is 1. The first-order chi connectivity index (χ1) is 12.5. The Kier molecular flexibility index (Phi) is 6.89. The van der Waals surface area contributed by atoms with Crippen molar-refractivity contribution in [1.29, 1.82) is 0 Å². The zero-order valence-electron chi connectivity index (χ0n) is 15.9. The zero-order chi connectivity index (χ0) is 19.1. The molecule has 1 amide bonds. The molecule has 0 heterocycles. The van der Waals surface area contributed by atoms with Crippen LogP contribution >= 0.6 is 0 Å². The van der Waals surface area contributed by atoms with Crippen LogP contribution in [0.1, 0.15) is 49.7 Å². The Hall–Kier alpha value is -2.69. The van der Waals surface area contributed by atoms with Gasteiger partial charge in [-0.15, -0.1) is 0 Å². The van der Waals surface area contributed by atoms with Crippen molar-refractivity contribution < 1.29 is 14.3 Å². The molecule has 0 saturated carbocycles. The predicted octanol–water partition coefficient (Wildman–Crippen LogP) is 4.19. The van der Waals surface area contributed by atoms with Crippen LogP contribution in [0.2, 0.25) is 0 Å². The number of anilines is 1. The van der Waals surface area contributed by atoms with Crippen molar-refractivity contribution in [2.75, 3.05) is 18.9 Å². The van der Waals surface area contributed by atoms with Crippen molar-refractivity contribution in [3.8, 4) is 11.5 Å². The van der Waals surface area contributed by atoms with Gasteiger partial charge in [0.2, 0.25) is 0 Å². The molecule has 0 radical (unpaired) electrons. The van der Waals surface area contributed by atoms with Crippen molar-refractivity contribution in [2.24, 2.45) is 5.92 Å². The second-order valence-corrected chi connectivity index (χ2v) is 6.39. The lowest BCUT2D eigenvalue weighted by Crippen LogP contribution is -2.31. The highest BCUT2D eigenvalue weighted by Gasteiger charge is 2.21. The van der Waals surface area contributed by atoms with Crippen LogP contribution in [-0.2, 0) is 0 Å². The molecule has 0 aliphatic carbocycles. The second-order valence-electron chi connectivity index (χ2n) is 6.39. The molecule has 2 rings (SSSR count). The SMILES string of the molecule is CCOc1ccc(C(NC(=O)c2cccc(N)c2)C(C)C)cc1OCC. The van der Waals surface area contributed by atoms with Gasteiger partial charge in [-0.1, -0.05) is 26.0 Å². The van der Waals surface area contributed by atoms with E-state index in [1.54, 1.807) is 24.3 Å². The van der Waals surface area contributed by atoms with Crippen molar-refractivity contribution >= 4 is 11.6 Å². The number of hydrogen-bond acceptors (Lipinski definition) is 4. The number of carbonyl (C=O) groups excluding carboxylic acids is 1. The molecule has 0 aliphatic rings. The highest BCUT2D eigenvalue weighted by Crippen LogP contribution is 2.33. The highest BCUT2D eigenvalue weighted by molar-refractivity contribution is 5.95. The summed E-state index contributed by atoms with van der Waals surface area (Å²) < 4.78 is 11.3. The van der Waals surface area contributed by atoms with Crippen LogP contribution in [0, 0.1) is 5.92 Å². The monoisotopic (exact) mass is 356 g/mol. The van der Waals surface area contributed by atoms with Gasteiger partial charge < -0.3 is 20.5 Å². The van der Waals surface area contributed by atoms with Gasteiger partial charge in [0.1, 0.15) is 0 Å². The van der Waals surface area contributed by atoms with Crippen molar-refractivity contribution in [1.82, 2.24) is 5.32 Å². The van der Waals surface area contributed by atoms with E-state index in [9.17, 15) is 4.79 Å². The van der Waals surface area contributed by atoms with E-state index in [2.05, 4.69) is 19.2 Å². The van der Waals surface area contributed by atoms with Gasteiger partial charge in [-0.3, -0.25) is 4.79 Å². The molecule has 0 aromatic heterocycles. The van der Waals surface area contributed by atoms with E-state index < -0.39 is 0 Å². The van der Waals surface area contributed by atoms with E-state index in [0.29, 0.717) is 36.0 Å². The molecule has 2 aromatic carbocycles. The van der Waals surface area contributed by atoms with Gasteiger partial charge in [-0.25, -0.2) is 0 Å². The molecule has 0 saturated heterocycles. The van der Waals surface area contributed by atoms with E-state index in [1.165, 1.54) is 0 Å². The van der Waals surface area contributed by atoms with E-state index in [-0.39, 0.29) is 17.9 Å². The van der Waals surface area contributed by atoms with Crippen LogP contribution in [0.5, 0.6) is 11.5 Å². The summed E-state index contributed by atoms with van der Waals surface area (Å²) in [4.78, 5) is 12.6. The van der Waals surface area contributed by atoms with Crippen molar-refractivity contribution in [3.05, 3.63) is 53.6 Å². The Balaban J connectivity index is 2.28. The van der Waals surface area contributed by atoms with Gasteiger partial charge >= 0.3 is 0 Å². The molecule has 0 bridgehead atoms. The molecule has 140 valence electrons. The summed E-state index contributed by atoms with van der Waals surface area (Å²) in [5, 5.41) is 3.11. The summed E-state index contributed by atoms with van der Waals surface area (Å²) in [5.74, 6) is 1.45. The van der Waals surface area contributed by atoms with Crippen LogP contribution in [0.25, 0.3) is 0 Å². The summed E-state index contributed by atoms with van der Waals surface area (Å²) in [7, 11) is 0. The summed E-state index contributed by atoms with van der Waals surface area (Å²) in [6.07, 6.45) is 0. The molecule has 26 heavy (non-hydrogen) atoms. The van der Waals surface area contributed by atoms with Crippen LogP contribution in [0.15, 0.2) is 42.5 Å². The van der Waals surface area contributed by atoms with Crippen LogP contribution < -0.4 is 20.5 Å². The molecule has 0 spiro atoms. The normalized spacial score (nSPS) is 11.9. The summed E-state index contributed by atoms with van der Waals surface area (Å²) >= 11 is 0.